The Hall–Kier alpha value is -2.08. The summed E-state index contributed by atoms with van der Waals surface area (Å²) in [6.07, 6.45) is 5.74. The van der Waals surface area contributed by atoms with Gasteiger partial charge in [0.05, 0.1) is 0 Å². The van der Waals surface area contributed by atoms with Crippen molar-refractivity contribution in [2.75, 3.05) is 0 Å². The molecule has 0 aliphatic heterocycles. The summed E-state index contributed by atoms with van der Waals surface area (Å²) < 4.78 is 0. The minimum absolute atomic E-state index is 0.0129. The van der Waals surface area contributed by atoms with Crippen molar-refractivity contribution in [1.29, 1.82) is 0 Å². The monoisotopic (exact) mass is 258 g/mol. The van der Waals surface area contributed by atoms with E-state index in [9.17, 15) is 0 Å². The van der Waals surface area contributed by atoms with Crippen molar-refractivity contribution < 1.29 is 0 Å². The van der Waals surface area contributed by atoms with Gasteiger partial charge in [-0.1, -0.05) is 66.3 Å². The molecule has 0 saturated heterocycles. The van der Waals surface area contributed by atoms with Gasteiger partial charge in [0.15, 0.2) is 0 Å². The number of allylic oxidation sites excluding steroid dienone is 3. The lowest BCUT2D eigenvalue weighted by molar-refractivity contribution is 0.507. The van der Waals surface area contributed by atoms with Gasteiger partial charge in [0.25, 0.3) is 0 Å². The molecule has 98 valence electrons. The minimum atomic E-state index is 0.0129. The molecule has 0 heterocycles. The molecule has 2 aliphatic carbocycles. The zero-order valence-electron chi connectivity index (χ0n) is 11.8. The fourth-order valence-corrected chi connectivity index (χ4v) is 4.19. The Morgan fingerprint density at radius 1 is 1.00 bits per heavy atom. The van der Waals surface area contributed by atoms with E-state index < -0.39 is 0 Å². The van der Waals surface area contributed by atoms with E-state index in [0.29, 0.717) is 5.92 Å². The van der Waals surface area contributed by atoms with Crippen molar-refractivity contribution in [1.82, 2.24) is 0 Å². The van der Waals surface area contributed by atoms with Crippen molar-refractivity contribution in [3.63, 3.8) is 0 Å². The van der Waals surface area contributed by atoms with E-state index in [0.717, 1.165) is 6.42 Å². The highest BCUT2D eigenvalue weighted by atomic mass is 14.5. The van der Waals surface area contributed by atoms with E-state index in [-0.39, 0.29) is 5.41 Å². The molecule has 0 N–H and O–H groups in total. The lowest BCUT2D eigenvalue weighted by Gasteiger charge is -2.31. The van der Waals surface area contributed by atoms with E-state index in [4.69, 9.17) is 0 Å². The van der Waals surface area contributed by atoms with Crippen LogP contribution in [0.1, 0.15) is 24.5 Å². The van der Waals surface area contributed by atoms with Crippen LogP contribution in [0.15, 0.2) is 72.8 Å². The first-order chi connectivity index (χ1) is 9.77. The van der Waals surface area contributed by atoms with Crippen molar-refractivity contribution in [3.05, 3.63) is 84.0 Å². The van der Waals surface area contributed by atoms with E-state index in [1.165, 1.54) is 27.8 Å². The number of rotatable bonds is 1. The molecule has 0 aromatic heterocycles. The highest BCUT2D eigenvalue weighted by molar-refractivity contribution is 5.83. The predicted molar refractivity (Wildman–Crippen MR) is 84.7 cm³/mol. The van der Waals surface area contributed by atoms with Crippen molar-refractivity contribution >= 4 is 0 Å². The predicted octanol–water partition coefficient (Wildman–Crippen LogP) is 5.11. The lowest BCUT2D eigenvalue weighted by atomic mass is 9.71. The second kappa shape index (κ2) is 3.96. The Bertz CT molecular complexity index is 688. The number of hydrogen-bond acceptors (Lipinski definition) is 0. The van der Waals surface area contributed by atoms with Crippen molar-refractivity contribution in [3.8, 4) is 11.1 Å². The average molecular weight is 258 g/mol. The van der Waals surface area contributed by atoms with Gasteiger partial charge in [-0.3, -0.25) is 0 Å². The van der Waals surface area contributed by atoms with Crippen LogP contribution in [-0.4, -0.2) is 0 Å². The van der Waals surface area contributed by atoms with Crippen molar-refractivity contribution in [2.24, 2.45) is 5.92 Å². The molecule has 4 rings (SSSR count). The van der Waals surface area contributed by atoms with E-state index in [1.807, 2.05) is 0 Å². The number of benzene rings is 2. The smallest absolute Gasteiger partial charge is 0.0462 e. The van der Waals surface area contributed by atoms with E-state index in [1.54, 1.807) is 0 Å². The Labute approximate surface area is 120 Å². The van der Waals surface area contributed by atoms with Crippen LogP contribution in [0.3, 0.4) is 0 Å². The summed E-state index contributed by atoms with van der Waals surface area (Å²) in [6, 6.07) is 17.7. The molecule has 0 radical (unpaired) electrons. The summed E-state index contributed by atoms with van der Waals surface area (Å²) in [6.45, 7) is 6.35. The molecule has 0 heteroatoms. The standard InChI is InChI=1S/C20H18/c1-3-15-12-14(2)13-20(15)18-10-6-4-8-16(18)17-9-5-7-11-19(17)20/h3-11,13,15H,1,12H2,2H3. The molecule has 2 aliphatic rings. The van der Waals surface area contributed by atoms with Gasteiger partial charge in [-0.2, -0.15) is 0 Å². The van der Waals surface area contributed by atoms with Crippen LogP contribution >= 0.6 is 0 Å². The largest absolute Gasteiger partial charge is 0.103 e. The lowest BCUT2D eigenvalue weighted by Crippen LogP contribution is -2.28. The maximum absolute atomic E-state index is 4.11. The first kappa shape index (κ1) is 11.7. The van der Waals surface area contributed by atoms with Gasteiger partial charge in [0.2, 0.25) is 0 Å². The quantitative estimate of drug-likeness (QED) is 0.624. The molecular weight excluding hydrogens is 240 g/mol. The van der Waals surface area contributed by atoms with Crippen LogP contribution in [0.2, 0.25) is 0 Å². The molecule has 2 aromatic rings. The zero-order valence-corrected chi connectivity index (χ0v) is 11.8. The Morgan fingerprint density at radius 2 is 1.55 bits per heavy atom. The SMILES string of the molecule is C=CC1CC(C)=CC12c1ccccc1-c1ccccc12. The summed E-state index contributed by atoms with van der Waals surface area (Å²) in [5.74, 6) is 0.465. The van der Waals surface area contributed by atoms with Gasteiger partial charge in [-0.15, -0.1) is 6.58 Å². The van der Waals surface area contributed by atoms with E-state index >= 15 is 0 Å². The van der Waals surface area contributed by atoms with Gasteiger partial charge in [0.1, 0.15) is 0 Å². The fraction of sp³-hybridized carbons (Fsp3) is 0.200. The van der Waals surface area contributed by atoms with Crippen molar-refractivity contribution in [2.45, 2.75) is 18.8 Å². The summed E-state index contributed by atoms with van der Waals surface area (Å²) in [5.41, 5.74) is 7.16. The van der Waals surface area contributed by atoms with Crippen LogP contribution in [0.4, 0.5) is 0 Å². The number of hydrogen-bond donors (Lipinski definition) is 0. The summed E-state index contributed by atoms with van der Waals surface area (Å²) >= 11 is 0. The number of fused-ring (bicyclic) bond motifs is 5. The Kier molecular flexibility index (Phi) is 2.32. The summed E-state index contributed by atoms with van der Waals surface area (Å²) in [7, 11) is 0. The molecule has 2 aromatic carbocycles. The van der Waals surface area contributed by atoms with Gasteiger partial charge >= 0.3 is 0 Å². The average Bonchev–Trinajstić information content (AvgIpc) is 2.97. The molecular formula is C20H18. The third-order valence-corrected chi connectivity index (χ3v) is 4.92. The molecule has 0 fully saturated rings. The third kappa shape index (κ3) is 1.27. The highest BCUT2D eigenvalue weighted by Gasteiger charge is 2.48. The topological polar surface area (TPSA) is 0 Å². The van der Waals surface area contributed by atoms with Crippen LogP contribution in [0.25, 0.3) is 11.1 Å². The molecule has 0 saturated carbocycles. The zero-order chi connectivity index (χ0) is 13.7. The molecule has 1 unspecified atom stereocenters. The molecule has 0 amide bonds. The van der Waals surface area contributed by atoms with Crippen LogP contribution in [0.5, 0.6) is 0 Å². The van der Waals surface area contributed by atoms with Crippen LogP contribution in [0, 0.1) is 5.92 Å². The second-order valence-electron chi connectivity index (χ2n) is 6.00. The van der Waals surface area contributed by atoms with E-state index in [2.05, 4.69) is 74.2 Å². The highest BCUT2D eigenvalue weighted by Crippen LogP contribution is 2.58. The van der Waals surface area contributed by atoms with Gasteiger partial charge in [-0.05, 0) is 41.5 Å². The second-order valence-corrected chi connectivity index (χ2v) is 6.00. The maximum atomic E-state index is 4.11. The van der Waals surface area contributed by atoms with Crippen LogP contribution in [-0.2, 0) is 5.41 Å². The normalized spacial score (nSPS) is 21.4. The minimum Gasteiger partial charge on any atom is -0.103 e. The summed E-state index contributed by atoms with van der Waals surface area (Å²) in [4.78, 5) is 0. The van der Waals surface area contributed by atoms with Crippen LogP contribution < -0.4 is 0 Å². The fourth-order valence-electron chi connectivity index (χ4n) is 4.19. The Balaban J connectivity index is 2.12. The molecule has 20 heavy (non-hydrogen) atoms. The first-order valence-electron chi connectivity index (χ1n) is 7.27. The molecule has 1 spiro atoms. The molecule has 0 bridgehead atoms. The van der Waals surface area contributed by atoms with Gasteiger partial charge in [-0.25, -0.2) is 0 Å². The third-order valence-electron chi connectivity index (χ3n) is 4.92. The van der Waals surface area contributed by atoms with Gasteiger partial charge in [0, 0.05) is 5.41 Å². The molecule has 0 nitrogen and oxygen atoms in total. The Morgan fingerprint density at radius 3 is 2.10 bits per heavy atom. The maximum Gasteiger partial charge on any atom is 0.0462 e. The first-order valence-corrected chi connectivity index (χ1v) is 7.27. The molecule has 1 atom stereocenters. The summed E-state index contributed by atoms with van der Waals surface area (Å²) in [5, 5.41) is 0. The van der Waals surface area contributed by atoms with Gasteiger partial charge < -0.3 is 0 Å².